The predicted molar refractivity (Wildman–Crippen MR) is 71.3 cm³/mol. The molecule has 0 aliphatic carbocycles. The molecular weight excluding hydrogens is 353 g/mol. The van der Waals surface area contributed by atoms with Gasteiger partial charge in [0.2, 0.25) is 12.2 Å². The molecule has 1 saturated heterocycles. The maximum absolute atomic E-state index is 13.8. The summed E-state index contributed by atoms with van der Waals surface area (Å²) >= 11 is 0. The van der Waals surface area contributed by atoms with Crippen LogP contribution in [0.4, 0.5) is 30.7 Å². The molecule has 0 amide bonds. The Bertz CT molecular complexity index is 521. The number of hydrogen-bond donors (Lipinski definition) is 1. The minimum atomic E-state index is -2.95. The molecule has 2 nitrogen and oxygen atoms in total. The number of rotatable bonds is 4. The molecule has 2 rings (SSSR count). The lowest BCUT2D eigenvalue weighted by Crippen LogP contribution is -2.46. The molecule has 10 heteroatoms. The lowest BCUT2D eigenvalue weighted by molar-refractivity contribution is 0.0700. The summed E-state index contributed by atoms with van der Waals surface area (Å²) in [6, 6.07) is -1.58. The number of benzene rings is 1. The number of piperazine rings is 1. The van der Waals surface area contributed by atoms with Crippen molar-refractivity contribution in [2.45, 2.75) is 18.9 Å². The summed E-state index contributed by atoms with van der Waals surface area (Å²) in [5.41, 5.74) is -1.20. The SMILES string of the molecule is Cl.Fc1c(F)c(F)c([C@@H](CC(F)F)N2CCNCC2)c(F)c1F. The average molecular weight is 367 g/mol. The molecule has 1 heterocycles. The van der Waals surface area contributed by atoms with E-state index in [-0.39, 0.29) is 25.5 Å². The van der Waals surface area contributed by atoms with Crippen LogP contribution in [0.3, 0.4) is 0 Å². The first kappa shape index (κ1) is 20.0. The molecule has 1 aromatic carbocycles. The van der Waals surface area contributed by atoms with Crippen LogP contribution in [0.15, 0.2) is 0 Å². The van der Waals surface area contributed by atoms with Crippen molar-refractivity contribution in [2.24, 2.45) is 0 Å². The van der Waals surface area contributed by atoms with Gasteiger partial charge in [0.15, 0.2) is 23.3 Å². The first-order chi connectivity index (χ1) is 10.3. The summed E-state index contributed by atoms with van der Waals surface area (Å²) in [6.07, 6.45) is -3.96. The van der Waals surface area contributed by atoms with Crippen molar-refractivity contribution < 1.29 is 30.7 Å². The van der Waals surface area contributed by atoms with Gasteiger partial charge in [0.25, 0.3) is 0 Å². The van der Waals surface area contributed by atoms with Gasteiger partial charge < -0.3 is 5.32 Å². The smallest absolute Gasteiger partial charge is 0.240 e. The van der Waals surface area contributed by atoms with Crippen LogP contribution in [-0.2, 0) is 0 Å². The summed E-state index contributed by atoms with van der Waals surface area (Å²) in [7, 11) is 0. The van der Waals surface area contributed by atoms with Gasteiger partial charge >= 0.3 is 0 Å². The van der Waals surface area contributed by atoms with E-state index >= 15 is 0 Å². The van der Waals surface area contributed by atoms with E-state index in [2.05, 4.69) is 5.32 Å². The van der Waals surface area contributed by atoms with Crippen molar-refractivity contribution in [1.82, 2.24) is 10.2 Å². The van der Waals surface area contributed by atoms with Crippen LogP contribution in [0.1, 0.15) is 18.0 Å². The average Bonchev–Trinajstić information content (AvgIpc) is 2.50. The summed E-state index contributed by atoms with van der Waals surface area (Å²) in [4.78, 5) is 1.29. The van der Waals surface area contributed by atoms with Gasteiger partial charge in [-0.2, -0.15) is 0 Å². The van der Waals surface area contributed by atoms with Crippen LogP contribution in [-0.4, -0.2) is 37.5 Å². The maximum Gasteiger partial charge on any atom is 0.240 e. The van der Waals surface area contributed by atoms with Crippen LogP contribution in [0, 0.1) is 29.1 Å². The fourth-order valence-electron chi connectivity index (χ4n) is 2.53. The van der Waals surface area contributed by atoms with Crippen molar-refractivity contribution >= 4 is 12.4 Å². The second-order valence-corrected chi connectivity index (χ2v) is 4.91. The predicted octanol–water partition coefficient (Wildman–Crippen LogP) is 3.41. The van der Waals surface area contributed by atoms with Crippen LogP contribution in [0.25, 0.3) is 0 Å². The van der Waals surface area contributed by atoms with Crippen LogP contribution >= 0.6 is 12.4 Å². The number of nitrogens with one attached hydrogen (secondary N) is 1. The molecule has 1 aromatic rings. The summed E-state index contributed by atoms with van der Waals surface area (Å²) in [6.45, 7) is 1.07. The Kier molecular flexibility index (Phi) is 7.09. The Morgan fingerprint density at radius 2 is 1.26 bits per heavy atom. The highest BCUT2D eigenvalue weighted by Gasteiger charge is 2.35. The Balaban J connectivity index is 0.00000264. The van der Waals surface area contributed by atoms with E-state index in [1.807, 2.05) is 0 Å². The van der Waals surface area contributed by atoms with Gasteiger partial charge in [0, 0.05) is 44.2 Å². The van der Waals surface area contributed by atoms with E-state index in [1.54, 1.807) is 0 Å². The Labute approximate surface area is 134 Å². The fourth-order valence-corrected chi connectivity index (χ4v) is 2.53. The Hall–Kier alpha value is -1.06. The zero-order chi connectivity index (χ0) is 16.4. The van der Waals surface area contributed by atoms with Gasteiger partial charge in [-0.05, 0) is 0 Å². The van der Waals surface area contributed by atoms with Gasteiger partial charge in [-0.1, -0.05) is 0 Å². The van der Waals surface area contributed by atoms with E-state index in [1.165, 1.54) is 4.90 Å². The van der Waals surface area contributed by atoms with Crippen molar-refractivity contribution in [1.29, 1.82) is 0 Å². The molecule has 0 aromatic heterocycles. The molecule has 1 aliphatic heterocycles. The second-order valence-electron chi connectivity index (χ2n) is 4.91. The third-order valence-electron chi connectivity index (χ3n) is 3.57. The zero-order valence-electron chi connectivity index (χ0n) is 11.7. The van der Waals surface area contributed by atoms with Crippen LogP contribution in [0.5, 0.6) is 0 Å². The van der Waals surface area contributed by atoms with Crippen molar-refractivity contribution in [3.05, 3.63) is 34.6 Å². The first-order valence-corrected chi connectivity index (χ1v) is 6.58. The number of nitrogens with zero attached hydrogens (tertiary/aromatic N) is 1. The normalized spacial score (nSPS) is 17.2. The molecule has 1 N–H and O–H groups in total. The minimum absolute atomic E-state index is 0. The Morgan fingerprint density at radius 1 is 0.826 bits per heavy atom. The molecular formula is C13H14ClF7N2. The molecule has 1 aliphatic rings. The van der Waals surface area contributed by atoms with E-state index in [9.17, 15) is 30.7 Å². The van der Waals surface area contributed by atoms with Gasteiger partial charge in [-0.15, -0.1) is 12.4 Å². The van der Waals surface area contributed by atoms with Gasteiger partial charge in [-0.3, -0.25) is 4.90 Å². The van der Waals surface area contributed by atoms with Crippen molar-refractivity contribution in [3.63, 3.8) is 0 Å². The summed E-state index contributed by atoms with van der Waals surface area (Å²) in [5, 5.41) is 2.91. The second kappa shape index (κ2) is 8.16. The molecule has 0 bridgehead atoms. The summed E-state index contributed by atoms with van der Waals surface area (Å²) < 4.78 is 92.8. The maximum atomic E-state index is 13.8. The van der Waals surface area contributed by atoms with Gasteiger partial charge in [-0.25, -0.2) is 30.7 Å². The third kappa shape index (κ3) is 4.07. The quantitative estimate of drug-likeness (QED) is 0.499. The molecule has 1 fully saturated rings. The Morgan fingerprint density at radius 3 is 1.70 bits per heavy atom. The van der Waals surface area contributed by atoms with E-state index in [0.717, 1.165) is 0 Å². The first-order valence-electron chi connectivity index (χ1n) is 6.58. The van der Waals surface area contributed by atoms with Crippen LogP contribution < -0.4 is 5.32 Å². The lowest BCUT2D eigenvalue weighted by Gasteiger charge is -2.35. The van der Waals surface area contributed by atoms with E-state index in [4.69, 9.17) is 0 Å². The monoisotopic (exact) mass is 366 g/mol. The zero-order valence-corrected chi connectivity index (χ0v) is 12.5. The van der Waals surface area contributed by atoms with E-state index in [0.29, 0.717) is 13.1 Å². The fraction of sp³-hybridized carbons (Fsp3) is 0.538. The lowest BCUT2D eigenvalue weighted by atomic mass is 9.99. The van der Waals surface area contributed by atoms with E-state index < -0.39 is 53.5 Å². The number of alkyl halides is 2. The minimum Gasteiger partial charge on any atom is -0.314 e. The highest BCUT2D eigenvalue weighted by Crippen LogP contribution is 2.34. The molecule has 0 saturated carbocycles. The number of halogens is 8. The highest BCUT2D eigenvalue weighted by atomic mass is 35.5. The van der Waals surface area contributed by atoms with Gasteiger partial charge in [0.1, 0.15) is 0 Å². The summed E-state index contributed by atoms with van der Waals surface area (Å²) in [5.74, 6) is -10.7. The molecule has 132 valence electrons. The van der Waals surface area contributed by atoms with Crippen molar-refractivity contribution in [2.75, 3.05) is 26.2 Å². The molecule has 0 unspecified atom stereocenters. The molecule has 0 radical (unpaired) electrons. The molecule has 1 atom stereocenters. The van der Waals surface area contributed by atoms with Crippen LogP contribution in [0.2, 0.25) is 0 Å². The van der Waals surface area contributed by atoms with Crippen molar-refractivity contribution in [3.8, 4) is 0 Å². The molecule has 23 heavy (non-hydrogen) atoms. The standard InChI is InChI=1S/C13H13F7N2.ClH/c14-7(15)5-6(22-3-1-21-2-4-22)8-9(16)11(18)13(20)12(19)10(8)17;/h6-7,21H,1-5H2;1H/t6-;/m1./s1. The highest BCUT2D eigenvalue weighted by molar-refractivity contribution is 5.85. The largest absolute Gasteiger partial charge is 0.314 e. The molecule has 0 spiro atoms. The third-order valence-corrected chi connectivity index (χ3v) is 3.57. The van der Waals surface area contributed by atoms with Gasteiger partial charge in [0.05, 0.1) is 0 Å². The number of hydrogen-bond acceptors (Lipinski definition) is 2. The topological polar surface area (TPSA) is 15.3 Å².